The Kier molecular flexibility index (Phi) is 4.08. The lowest BCUT2D eigenvalue weighted by molar-refractivity contribution is 0.0426. The number of hydrogen-bond donors (Lipinski definition) is 1. The zero-order chi connectivity index (χ0) is 15.5. The van der Waals surface area contributed by atoms with Crippen LogP contribution in [0.2, 0.25) is 5.02 Å². The summed E-state index contributed by atoms with van der Waals surface area (Å²) in [5.74, 6) is -0.340. The van der Waals surface area contributed by atoms with Gasteiger partial charge in [0.15, 0.2) is 6.61 Å². The van der Waals surface area contributed by atoms with Crippen LogP contribution in [0.15, 0.2) is 40.2 Å². The Morgan fingerprint density at radius 3 is 3.00 bits per heavy atom. The van der Waals surface area contributed by atoms with E-state index in [-0.39, 0.29) is 23.8 Å². The van der Waals surface area contributed by atoms with Gasteiger partial charge in [-0.15, -0.1) is 11.3 Å². The van der Waals surface area contributed by atoms with E-state index >= 15 is 0 Å². The second-order valence-corrected chi connectivity index (χ2v) is 5.61. The van der Waals surface area contributed by atoms with Crippen molar-refractivity contribution in [2.75, 3.05) is 0 Å². The number of aromatic nitrogens is 2. The van der Waals surface area contributed by atoms with Gasteiger partial charge in [0.2, 0.25) is 5.82 Å². The minimum atomic E-state index is -0.704. The molecule has 0 bridgehead atoms. The van der Waals surface area contributed by atoms with E-state index in [9.17, 15) is 9.90 Å². The number of rotatable bonds is 4. The third-order valence-electron chi connectivity index (χ3n) is 2.72. The highest BCUT2D eigenvalue weighted by Gasteiger charge is 2.15. The summed E-state index contributed by atoms with van der Waals surface area (Å²) in [6.45, 7) is -0.181. The molecule has 2 heterocycles. The molecule has 0 spiro atoms. The molecule has 1 aromatic carbocycles. The van der Waals surface area contributed by atoms with Gasteiger partial charge in [0.05, 0.1) is 4.88 Å². The third-order valence-corrected chi connectivity index (χ3v) is 3.82. The van der Waals surface area contributed by atoms with E-state index in [0.29, 0.717) is 10.8 Å². The van der Waals surface area contributed by atoms with E-state index in [1.165, 1.54) is 29.5 Å². The fourth-order valence-electron chi connectivity index (χ4n) is 1.70. The molecule has 22 heavy (non-hydrogen) atoms. The Labute approximate surface area is 133 Å². The van der Waals surface area contributed by atoms with E-state index in [1.54, 1.807) is 0 Å². The van der Waals surface area contributed by atoms with Crippen molar-refractivity contribution in [3.05, 3.63) is 52.2 Å². The molecule has 112 valence electrons. The number of aromatic hydroxyl groups is 1. The summed E-state index contributed by atoms with van der Waals surface area (Å²) < 4.78 is 10.0. The number of thiophene rings is 1. The number of halogens is 1. The predicted molar refractivity (Wildman–Crippen MR) is 79.8 cm³/mol. The first kappa shape index (κ1) is 14.6. The summed E-state index contributed by atoms with van der Waals surface area (Å²) >= 11 is 7.18. The second-order valence-electron chi connectivity index (χ2n) is 4.23. The molecule has 0 unspecified atom stereocenters. The van der Waals surface area contributed by atoms with Crippen molar-refractivity contribution in [3.63, 3.8) is 0 Å². The molecular weight excluding hydrogens is 328 g/mol. The average Bonchev–Trinajstić information content (AvgIpc) is 3.16. The molecule has 0 aliphatic heterocycles. The Balaban J connectivity index is 1.66. The van der Waals surface area contributed by atoms with Gasteiger partial charge in [0.25, 0.3) is 5.89 Å². The Bertz CT molecular complexity index is 801. The fraction of sp³-hybridized carbons (Fsp3) is 0.0714. The molecule has 0 aliphatic carbocycles. The van der Waals surface area contributed by atoms with Gasteiger partial charge in [-0.3, -0.25) is 0 Å². The first-order valence-electron chi connectivity index (χ1n) is 6.15. The topological polar surface area (TPSA) is 85.5 Å². The van der Waals surface area contributed by atoms with Crippen LogP contribution >= 0.6 is 22.9 Å². The highest BCUT2D eigenvalue weighted by molar-refractivity contribution is 7.13. The van der Waals surface area contributed by atoms with Crippen molar-refractivity contribution >= 4 is 28.9 Å². The summed E-state index contributed by atoms with van der Waals surface area (Å²) in [6.07, 6.45) is 0. The summed E-state index contributed by atoms with van der Waals surface area (Å²) in [4.78, 5) is 16.9. The van der Waals surface area contributed by atoms with Crippen molar-refractivity contribution in [2.45, 2.75) is 6.61 Å². The smallest absolute Gasteiger partial charge is 0.342 e. The van der Waals surface area contributed by atoms with E-state index in [4.69, 9.17) is 20.9 Å². The summed E-state index contributed by atoms with van der Waals surface area (Å²) in [6, 6.07) is 7.86. The minimum absolute atomic E-state index is 0.0161. The highest BCUT2D eigenvalue weighted by Crippen LogP contribution is 2.24. The minimum Gasteiger partial charge on any atom is -0.507 e. The van der Waals surface area contributed by atoms with Crippen LogP contribution in [0.5, 0.6) is 5.75 Å². The molecule has 0 atom stereocenters. The molecular formula is C14H9ClN2O4S. The van der Waals surface area contributed by atoms with E-state index < -0.39 is 5.97 Å². The monoisotopic (exact) mass is 336 g/mol. The molecule has 2 aromatic heterocycles. The number of phenolic OH excluding ortho intramolecular Hbond substituents is 1. The van der Waals surface area contributed by atoms with Gasteiger partial charge >= 0.3 is 5.97 Å². The van der Waals surface area contributed by atoms with Gasteiger partial charge < -0.3 is 14.4 Å². The molecule has 1 N–H and O–H groups in total. The summed E-state index contributed by atoms with van der Waals surface area (Å²) in [7, 11) is 0. The van der Waals surface area contributed by atoms with Crippen molar-refractivity contribution in [3.8, 4) is 16.5 Å². The molecule has 0 fully saturated rings. The number of esters is 1. The van der Waals surface area contributed by atoms with Crippen LogP contribution in [-0.4, -0.2) is 21.2 Å². The molecule has 0 aliphatic rings. The Hall–Kier alpha value is -2.38. The molecule has 8 heteroatoms. The second kappa shape index (κ2) is 6.17. The van der Waals surface area contributed by atoms with Crippen LogP contribution in [0.4, 0.5) is 0 Å². The normalized spacial score (nSPS) is 10.6. The van der Waals surface area contributed by atoms with Crippen molar-refractivity contribution in [1.82, 2.24) is 10.1 Å². The largest absolute Gasteiger partial charge is 0.507 e. The van der Waals surface area contributed by atoms with Crippen LogP contribution in [-0.2, 0) is 11.3 Å². The van der Waals surface area contributed by atoms with Crippen LogP contribution in [0.25, 0.3) is 10.7 Å². The summed E-state index contributed by atoms with van der Waals surface area (Å²) in [5.41, 5.74) is 0.0161. The molecule has 3 rings (SSSR count). The molecule has 6 nitrogen and oxygen atoms in total. The first-order valence-corrected chi connectivity index (χ1v) is 7.41. The van der Waals surface area contributed by atoms with Crippen molar-refractivity contribution in [2.24, 2.45) is 0 Å². The highest BCUT2D eigenvalue weighted by atomic mass is 35.5. The number of benzene rings is 1. The number of nitrogens with zero attached hydrogens (tertiary/aromatic N) is 2. The zero-order valence-corrected chi connectivity index (χ0v) is 12.6. The van der Waals surface area contributed by atoms with Gasteiger partial charge in [-0.1, -0.05) is 22.8 Å². The third kappa shape index (κ3) is 3.10. The molecule has 0 radical (unpaired) electrons. The van der Waals surface area contributed by atoms with Crippen LogP contribution in [0, 0.1) is 0 Å². The maximum Gasteiger partial charge on any atom is 0.342 e. The first-order chi connectivity index (χ1) is 10.6. The maximum atomic E-state index is 11.9. The van der Waals surface area contributed by atoms with Crippen molar-refractivity contribution in [1.29, 1.82) is 0 Å². The lowest BCUT2D eigenvalue weighted by Crippen LogP contribution is -2.05. The number of phenols is 1. The standard InChI is InChI=1S/C14H9ClN2O4S/c15-8-3-4-9(10(18)6-8)14(19)20-7-12-16-13(17-21-12)11-2-1-5-22-11/h1-6,18H,7H2. The van der Waals surface area contributed by atoms with Gasteiger partial charge in [-0.05, 0) is 29.6 Å². The van der Waals surface area contributed by atoms with E-state index in [2.05, 4.69) is 10.1 Å². The van der Waals surface area contributed by atoms with Gasteiger partial charge in [0, 0.05) is 5.02 Å². The quantitative estimate of drug-likeness (QED) is 0.734. The zero-order valence-electron chi connectivity index (χ0n) is 11.0. The molecule has 0 amide bonds. The van der Waals surface area contributed by atoms with Gasteiger partial charge in [0.1, 0.15) is 11.3 Å². The summed E-state index contributed by atoms with van der Waals surface area (Å²) in [5, 5.41) is 15.7. The fourth-order valence-corrected chi connectivity index (χ4v) is 2.52. The lowest BCUT2D eigenvalue weighted by Gasteiger charge is -2.04. The van der Waals surface area contributed by atoms with E-state index in [1.807, 2.05) is 17.5 Å². The van der Waals surface area contributed by atoms with Crippen LogP contribution in [0.3, 0.4) is 0 Å². The SMILES string of the molecule is O=C(OCc1nc(-c2cccs2)no1)c1ccc(Cl)cc1O. The predicted octanol–water partition coefficient (Wildman–Crippen LogP) is 3.51. The molecule has 3 aromatic rings. The number of hydrogen-bond acceptors (Lipinski definition) is 7. The van der Waals surface area contributed by atoms with Crippen LogP contribution < -0.4 is 0 Å². The average molecular weight is 337 g/mol. The Morgan fingerprint density at radius 1 is 1.41 bits per heavy atom. The number of carbonyl (C=O) groups is 1. The number of carbonyl (C=O) groups excluding carboxylic acids is 1. The van der Waals surface area contributed by atoms with Gasteiger partial charge in [-0.25, -0.2) is 4.79 Å². The van der Waals surface area contributed by atoms with Gasteiger partial charge in [-0.2, -0.15) is 4.98 Å². The molecule has 0 saturated heterocycles. The Morgan fingerprint density at radius 2 is 2.27 bits per heavy atom. The molecule has 0 saturated carbocycles. The maximum absolute atomic E-state index is 11.9. The number of ether oxygens (including phenoxy) is 1. The van der Waals surface area contributed by atoms with E-state index in [0.717, 1.165) is 4.88 Å². The van der Waals surface area contributed by atoms with Crippen LogP contribution in [0.1, 0.15) is 16.2 Å². The lowest BCUT2D eigenvalue weighted by atomic mass is 10.2. The van der Waals surface area contributed by atoms with Crippen molar-refractivity contribution < 1.29 is 19.2 Å².